The average Bonchev–Trinajstić information content (AvgIpc) is 3.20. The lowest BCUT2D eigenvalue weighted by Crippen LogP contribution is -2.30. The number of fused-ring (bicyclic) bond motifs is 2. The Morgan fingerprint density at radius 1 is 1.29 bits per heavy atom. The van der Waals surface area contributed by atoms with Crippen LogP contribution in [0.15, 0.2) is 64.0 Å². The van der Waals surface area contributed by atoms with Gasteiger partial charge in [-0.05, 0) is 60.8 Å². The molecule has 2 unspecified atom stereocenters. The minimum absolute atomic E-state index is 0.139. The van der Waals surface area contributed by atoms with Gasteiger partial charge >= 0.3 is 0 Å². The van der Waals surface area contributed by atoms with E-state index in [9.17, 15) is 9.18 Å². The molecule has 0 aliphatic heterocycles. The van der Waals surface area contributed by atoms with E-state index in [4.69, 9.17) is 4.98 Å². The van der Waals surface area contributed by atoms with Crippen LogP contribution in [0.2, 0.25) is 0 Å². The summed E-state index contributed by atoms with van der Waals surface area (Å²) in [6, 6.07) is 4.92. The molecule has 2 atom stereocenters. The molecule has 3 aromatic heterocycles. The fourth-order valence-electron chi connectivity index (χ4n) is 3.95. The molecule has 7 nitrogen and oxygen atoms in total. The highest BCUT2D eigenvalue weighted by Crippen LogP contribution is 2.30. The molecule has 176 valence electrons. The monoisotopic (exact) mass is 524 g/mol. The van der Waals surface area contributed by atoms with Gasteiger partial charge in [-0.15, -0.1) is 0 Å². The van der Waals surface area contributed by atoms with E-state index in [1.165, 1.54) is 12.4 Å². The number of hydrogen-bond donors (Lipinski definition) is 2. The molecule has 0 spiro atoms. The first-order chi connectivity index (χ1) is 16.3. The zero-order valence-electron chi connectivity index (χ0n) is 19.4. The lowest BCUT2D eigenvalue weighted by atomic mass is 10.1. The lowest BCUT2D eigenvalue weighted by molar-refractivity contribution is 0.564. The average molecular weight is 525 g/mol. The Labute approximate surface area is 205 Å². The van der Waals surface area contributed by atoms with Gasteiger partial charge in [0.2, 0.25) is 0 Å². The molecule has 0 amide bonds. The fourth-order valence-corrected chi connectivity index (χ4v) is 4.44. The van der Waals surface area contributed by atoms with Crippen molar-refractivity contribution in [1.29, 1.82) is 0 Å². The van der Waals surface area contributed by atoms with Crippen LogP contribution in [0.3, 0.4) is 0 Å². The Hall–Kier alpha value is -3.33. The highest BCUT2D eigenvalue weighted by atomic mass is 79.9. The number of aryl methyl sites for hydroxylation is 1. The Morgan fingerprint density at radius 2 is 2.09 bits per heavy atom. The maximum Gasteiger partial charge on any atom is 0.262 e. The van der Waals surface area contributed by atoms with Gasteiger partial charge in [-0.2, -0.15) is 0 Å². The summed E-state index contributed by atoms with van der Waals surface area (Å²) >= 11 is 3.53. The first-order valence-electron chi connectivity index (χ1n) is 11.1. The summed E-state index contributed by atoms with van der Waals surface area (Å²) in [5, 5.41) is 4.78. The summed E-state index contributed by atoms with van der Waals surface area (Å²) in [4.78, 5) is 30.3. The van der Waals surface area contributed by atoms with E-state index in [2.05, 4.69) is 36.2 Å². The number of allylic oxidation sites excluding steroid dienone is 4. The number of H-pyrrole nitrogens is 1. The first kappa shape index (κ1) is 23.8. The lowest BCUT2D eigenvalue weighted by Gasteiger charge is -2.23. The highest BCUT2D eigenvalue weighted by Gasteiger charge is 2.21. The molecular formula is C25H26BrFN6O. The van der Waals surface area contributed by atoms with Gasteiger partial charge in [0.25, 0.3) is 5.56 Å². The van der Waals surface area contributed by atoms with Crippen LogP contribution in [-0.2, 0) is 0 Å². The molecule has 1 aromatic carbocycles. The molecule has 9 heteroatoms. The summed E-state index contributed by atoms with van der Waals surface area (Å²) < 4.78 is 16.1. The zero-order chi connectivity index (χ0) is 24.4. The third kappa shape index (κ3) is 4.52. The van der Waals surface area contributed by atoms with Crippen LogP contribution in [0.1, 0.15) is 50.7 Å². The number of nitrogens with one attached hydrogen (secondary N) is 2. The normalized spacial score (nSPS) is 14.2. The summed E-state index contributed by atoms with van der Waals surface area (Å²) in [5.41, 5.74) is 2.04. The summed E-state index contributed by atoms with van der Waals surface area (Å²) in [5.74, 6) is 0.953. The molecule has 4 aromatic rings. The van der Waals surface area contributed by atoms with Crippen LogP contribution < -0.4 is 10.9 Å². The number of benzene rings is 1. The number of aromatic nitrogens is 5. The SMILES string of the molecule is CC/C(F)=C\C=C/C(C)n1c(C(C)Nc2ncnc3[nH]cc(Br)c23)nc2cccc(C)c2c1=O. The summed E-state index contributed by atoms with van der Waals surface area (Å²) in [7, 11) is 0. The predicted molar refractivity (Wildman–Crippen MR) is 138 cm³/mol. The van der Waals surface area contributed by atoms with Crippen molar-refractivity contribution in [3.05, 3.63) is 81.0 Å². The number of hydrogen-bond acceptors (Lipinski definition) is 5. The summed E-state index contributed by atoms with van der Waals surface area (Å²) in [6.07, 6.45) is 8.46. The van der Waals surface area contributed by atoms with Gasteiger partial charge in [0.15, 0.2) is 0 Å². The zero-order valence-corrected chi connectivity index (χ0v) is 21.0. The molecule has 0 aliphatic rings. The van der Waals surface area contributed by atoms with Crippen molar-refractivity contribution in [3.8, 4) is 0 Å². The topological polar surface area (TPSA) is 88.5 Å². The molecule has 0 aliphatic carbocycles. The standard InChI is InChI=1S/C25H26BrFN6O/c1-5-17(27)10-7-9-15(3)33-24(32-19-11-6-8-14(2)20(19)25(33)34)16(4)31-23-21-18(26)12-28-22(21)29-13-30-23/h6-13,15-16H,5H2,1-4H3,(H2,28,29,30,31)/b9-7-,17-10+. The van der Waals surface area contributed by atoms with Crippen molar-refractivity contribution in [3.63, 3.8) is 0 Å². The molecule has 34 heavy (non-hydrogen) atoms. The molecule has 0 saturated heterocycles. The van der Waals surface area contributed by atoms with Crippen molar-refractivity contribution in [1.82, 2.24) is 24.5 Å². The van der Waals surface area contributed by atoms with Gasteiger partial charge in [0, 0.05) is 10.7 Å². The number of halogens is 2. The van der Waals surface area contributed by atoms with Crippen LogP contribution in [0.4, 0.5) is 10.2 Å². The third-order valence-electron chi connectivity index (χ3n) is 5.74. The van der Waals surface area contributed by atoms with Gasteiger partial charge in [0.05, 0.1) is 34.2 Å². The van der Waals surface area contributed by atoms with Gasteiger partial charge in [-0.3, -0.25) is 9.36 Å². The van der Waals surface area contributed by atoms with Gasteiger partial charge < -0.3 is 10.3 Å². The van der Waals surface area contributed by atoms with Crippen LogP contribution in [0.25, 0.3) is 21.9 Å². The van der Waals surface area contributed by atoms with Crippen LogP contribution in [-0.4, -0.2) is 24.5 Å². The van der Waals surface area contributed by atoms with E-state index >= 15 is 0 Å². The van der Waals surface area contributed by atoms with E-state index in [-0.39, 0.29) is 23.5 Å². The van der Waals surface area contributed by atoms with E-state index in [0.717, 1.165) is 15.4 Å². The molecule has 0 saturated carbocycles. The summed E-state index contributed by atoms with van der Waals surface area (Å²) in [6.45, 7) is 7.48. The minimum atomic E-state index is -0.365. The predicted octanol–water partition coefficient (Wildman–Crippen LogP) is 6.29. The minimum Gasteiger partial charge on any atom is -0.360 e. The van der Waals surface area contributed by atoms with Crippen LogP contribution >= 0.6 is 15.9 Å². The quantitative estimate of drug-likeness (QED) is 0.277. The third-order valence-corrected chi connectivity index (χ3v) is 6.36. The van der Waals surface area contributed by atoms with Crippen molar-refractivity contribution in [2.24, 2.45) is 0 Å². The van der Waals surface area contributed by atoms with E-state index in [1.54, 1.807) is 29.8 Å². The molecule has 3 heterocycles. The van der Waals surface area contributed by atoms with Crippen molar-refractivity contribution in [2.75, 3.05) is 5.32 Å². The maximum absolute atomic E-state index is 13.7. The van der Waals surface area contributed by atoms with Gasteiger partial charge in [0.1, 0.15) is 23.6 Å². The number of aromatic amines is 1. The van der Waals surface area contributed by atoms with Crippen molar-refractivity contribution < 1.29 is 4.39 Å². The van der Waals surface area contributed by atoms with E-state index in [1.807, 2.05) is 39.0 Å². The molecule has 2 N–H and O–H groups in total. The first-order valence-corrected chi connectivity index (χ1v) is 11.9. The second kappa shape index (κ2) is 9.89. The highest BCUT2D eigenvalue weighted by molar-refractivity contribution is 9.10. The second-order valence-electron chi connectivity index (χ2n) is 8.16. The molecule has 0 bridgehead atoms. The van der Waals surface area contributed by atoms with Crippen LogP contribution in [0.5, 0.6) is 0 Å². The Bertz CT molecular complexity index is 1470. The second-order valence-corrected chi connectivity index (χ2v) is 9.01. The van der Waals surface area contributed by atoms with Crippen LogP contribution in [0, 0.1) is 6.92 Å². The largest absolute Gasteiger partial charge is 0.360 e. The number of anilines is 1. The Kier molecular flexibility index (Phi) is 6.92. The smallest absolute Gasteiger partial charge is 0.262 e. The molecular weight excluding hydrogens is 499 g/mol. The molecule has 0 fully saturated rings. The molecule has 4 rings (SSSR count). The number of rotatable bonds is 7. The van der Waals surface area contributed by atoms with Crippen molar-refractivity contribution in [2.45, 2.75) is 46.2 Å². The number of nitrogens with zero attached hydrogens (tertiary/aromatic N) is 4. The fraction of sp³-hybridized carbons (Fsp3) is 0.280. The maximum atomic E-state index is 13.7. The van der Waals surface area contributed by atoms with Gasteiger partial charge in [-0.1, -0.05) is 31.2 Å². The van der Waals surface area contributed by atoms with Gasteiger partial charge in [-0.25, -0.2) is 19.3 Å². The Balaban J connectivity index is 1.84. The van der Waals surface area contributed by atoms with Crippen molar-refractivity contribution >= 4 is 43.7 Å². The Morgan fingerprint density at radius 3 is 2.85 bits per heavy atom. The molecule has 0 radical (unpaired) electrons. The van der Waals surface area contributed by atoms with E-state index < -0.39 is 0 Å². The van der Waals surface area contributed by atoms with E-state index in [0.29, 0.717) is 34.6 Å².